The zero-order valence-corrected chi connectivity index (χ0v) is 12.6. The molecule has 0 amide bonds. The van der Waals surface area contributed by atoms with Gasteiger partial charge in [-0.2, -0.15) is 0 Å². The number of hydrogen-bond donors (Lipinski definition) is 0. The summed E-state index contributed by atoms with van der Waals surface area (Å²) in [5, 5.41) is 1.11. The van der Waals surface area contributed by atoms with Gasteiger partial charge in [0.1, 0.15) is 0 Å². The molecule has 1 nitrogen and oxygen atoms in total. The first kappa shape index (κ1) is 12.9. The monoisotopic (exact) mass is 295 g/mol. The molecule has 2 rings (SSSR count). The van der Waals surface area contributed by atoms with Crippen LogP contribution in [0.5, 0.6) is 0 Å². The fraction of sp³-hybridized carbons (Fsp3) is 0.600. The Labute approximate surface area is 113 Å². The topological polar surface area (TPSA) is 3.24 Å². The van der Waals surface area contributed by atoms with E-state index in [1.165, 1.54) is 30.6 Å². The second-order valence-corrected chi connectivity index (χ2v) is 6.27. The first-order valence-electron chi connectivity index (χ1n) is 6.51. The number of unbranched alkanes of at least 4 members (excludes halogenated alkanes) is 1. The van der Waals surface area contributed by atoms with Crippen LogP contribution < -0.4 is 4.90 Å². The van der Waals surface area contributed by atoms with Crippen molar-refractivity contribution >= 4 is 21.6 Å². The van der Waals surface area contributed by atoms with Crippen molar-refractivity contribution in [2.75, 3.05) is 16.8 Å². The molecule has 1 atom stereocenters. The number of rotatable bonds is 4. The molecule has 0 saturated heterocycles. The summed E-state index contributed by atoms with van der Waals surface area (Å²) in [6, 6.07) is 8.87. The molecule has 1 heterocycles. The van der Waals surface area contributed by atoms with Crippen LogP contribution in [0, 0.1) is 0 Å². The first-order chi connectivity index (χ1) is 8.09. The van der Waals surface area contributed by atoms with Crippen molar-refractivity contribution in [3.63, 3.8) is 0 Å². The van der Waals surface area contributed by atoms with Gasteiger partial charge in [0.2, 0.25) is 0 Å². The fourth-order valence-electron chi connectivity index (χ4n) is 2.80. The van der Waals surface area contributed by atoms with E-state index in [2.05, 4.69) is 65.9 Å². The van der Waals surface area contributed by atoms with Crippen molar-refractivity contribution in [3.05, 3.63) is 29.8 Å². The number of benzene rings is 1. The lowest BCUT2D eigenvalue weighted by atomic mass is 9.87. The van der Waals surface area contributed by atoms with Gasteiger partial charge in [0.15, 0.2) is 0 Å². The molecule has 0 spiro atoms. The highest BCUT2D eigenvalue weighted by Gasteiger charge is 2.41. The standard InChI is InChI=1S/C15H22BrN/c1-12-13-8-4-5-9-14(13)17(15(12,2)3)11-7-6-10-16/h4-5,8-9,12H,6-7,10-11H2,1-3H3. The smallest absolute Gasteiger partial charge is 0.0412 e. The van der Waals surface area contributed by atoms with Gasteiger partial charge in [0, 0.05) is 29.0 Å². The lowest BCUT2D eigenvalue weighted by Crippen LogP contribution is -2.43. The van der Waals surface area contributed by atoms with Gasteiger partial charge in [-0.05, 0) is 38.3 Å². The Kier molecular flexibility index (Phi) is 3.82. The summed E-state index contributed by atoms with van der Waals surface area (Å²) in [4.78, 5) is 2.59. The zero-order chi connectivity index (χ0) is 12.5. The van der Waals surface area contributed by atoms with Gasteiger partial charge in [0.25, 0.3) is 0 Å². The molecular weight excluding hydrogens is 274 g/mol. The molecular formula is C15H22BrN. The second-order valence-electron chi connectivity index (χ2n) is 5.48. The number of anilines is 1. The summed E-state index contributed by atoms with van der Waals surface area (Å²) < 4.78 is 0. The Bertz CT molecular complexity index is 386. The summed E-state index contributed by atoms with van der Waals surface area (Å²) in [5.74, 6) is 0.614. The highest BCUT2D eigenvalue weighted by atomic mass is 79.9. The molecule has 94 valence electrons. The highest BCUT2D eigenvalue weighted by Crippen LogP contribution is 2.46. The number of alkyl halides is 1. The SMILES string of the molecule is CC1c2ccccc2N(CCCCBr)C1(C)C. The van der Waals surface area contributed by atoms with Gasteiger partial charge in [-0.3, -0.25) is 0 Å². The van der Waals surface area contributed by atoms with E-state index < -0.39 is 0 Å². The average molecular weight is 296 g/mol. The maximum atomic E-state index is 3.51. The van der Waals surface area contributed by atoms with Crippen molar-refractivity contribution in [2.45, 2.75) is 45.1 Å². The number of nitrogens with zero attached hydrogens (tertiary/aromatic N) is 1. The summed E-state index contributed by atoms with van der Waals surface area (Å²) >= 11 is 3.51. The van der Waals surface area contributed by atoms with E-state index in [-0.39, 0.29) is 5.54 Å². The molecule has 0 aliphatic carbocycles. The lowest BCUT2D eigenvalue weighted by Gasteiger charge is -2.37. The zero-order valence-electron chi connectivity index (χ0n) is 11.0. The molecule has 0 saturated carbocycles. The van der Waals surface area contributed by atoms with Crippen LogP contribution >= 0.6 is 15.9 Å². The fourth-order valence-corrected chi connectivity index (χ4v) is 3.19. The molecule has 0 N–H and O–H groups in total. The number of fused-ring (bicyclic) bond motifs is 1. The van der Waals surface area contributed by atoms with Gasteiger partial charge in [-0.15, -0.1) is 0 Å². The van der Waals surface area contributed by atoms with E-state index in [0.29, 0.717) is 5.92 Å². The Morgan fingerprint density at radius 2 is 1.94 bits per heavy atom. The van der Waals surface area contributed by atoms with Gasteiger partial charge in [-0.1, -0.05) is 41.1 Å². The average Bonchev–Trinajstić information content (AvgIpc) is 2.51. The van der Waals surface area contributed by atoms with E-state index >= 15 is 0 Å². The minimum absolute atomic E-state index is 0.246. The Hall–Kier alpha value is -0.500. The predicted octanol–water partition coefficient (Wildman–Crippen LogP) is 4.56. The summed E-state index contributed by atoms with van der Waals surface area (Å²) in [5.41, 5.74) is 3.20. The van der Waals surface area contributed by atoms with E-state index in [1.807, 2.05) is 0 Å². The van der Waals surface area contributed by atoms with Crippen LogP contribution in [0.3, 0.4) is 0 Å². The van der Waals surface area contributed by atoms with E-state index in [0.717, 1.165) is 5.33 Å². The van der Waals surface area contributed by atoms with Crippen LogP contribution in [0.25, 0.3) is 0 Å². The molecule has 1 aliphatic heterocycles. The third-order valence-corrected chi connectivity index (χ3v) is 4.78. The lowest BCUT2D eigenvalue weighted by molar-refractivity contribution is 0.420. The van der Waals surface area contributed by atoms with Gasteiger partial charge in [-0.25, -0.2) is 0 Å². The Balaban J connectivity index is 2.24. The normalized spacial score (nSPS) is 21.6. The Morgan fingerprint density at radius 3 is 2.65 bits per heavy atom. The summed E-state index contributed by atoms with van der Waals surface area (Å²) in [6.07, 6.45) is 2.51. The van der Waals surface area contributed by atoms with Crippen LogP contribution in [0.1, 0.15) is 45.1 Å². The van der Waals surface area contributed by atoms with E-state index in [1.54, 1.807) is 0 Å². The van der Waals surface area contributed by atoms with Gasteiger partial charge < -0.3 is 4.90 Å². The van der Waals surface area contributed by atoms with Gasteiger partial charge in [0.05, 0.1) is 0 Å². The molecule has 0 fully saturated rings. The van der Waals surface area contributed by atoms with Crippen molar-refractivity contribution in [1.82, 2.24) is 0 Å². The van der Waals surface area contributed by atoms with E-state index in [9.17, 15) is 0 Å². The third-order valence-electron chi connectivity index (χ3n) is 4.21. The van der Waals surface area contributed by atoms with Crippen LogP contribution in [0.15, 0.2) is 24.3 Å². The number of halogens is 1. The quantitative estimate of drug-likeness (QED) is 0.581. The number of para-hydroxylation sites is 1. The molecule has 1 aromatic rings. The minimum atomic E-state index is 0.246. The second kappa shape index (κ2) is 5.01. The molecule has 17 heavy (non-hydrogen) atoms. The van der Waals surface area contributed by atoms with Crippen molar-refractivity contribution in [3.8, 4) is 0 Å². The largest absolute Gasteiger partial charge is 0.366 e. The summed E-state index contributed by atoms with van der Waals surface area (Å²) in [7, 11) is 0. The molecule has 0 radical (unpaired) electrons. The maximum Gasteiger partial charge on any atom is 0.0412 e. The molecule has 0 aromatic heterocycles. The highest BCUT2D eigenvalue weighted by molar-refractivity contribution is 9.09. The van der Waals surface area contributed by atoms with E-state index in [4.69, 9.17) is 0 Å². The van der Waals surface area contributed by atoms with Crippen LogP contribution in [-0.4, -0.2) is 17.4 Å². The number of hydrogen-bond acceptors (Lipinski definition) is 1. The first-order valence-corrected chi connectivity index (χ1v) is 7.63. The summed E-state index contributed by atoms with van der Waals surface area (Å²) in [6.45, 7) is 8.25. The van der Waals surface area contributed by atoms with Crippen molar-refractivity contribution < 1.29 is 0 Å². The van der Waals surface area contributed by atoms with Gasteiger partial charge >= 0.3 is 0 Å². The predicted molar refractivity (Wildman–Crippen MR) is 79.3 cm³/mol. The molecule has 1 unspecified atom stereocenters. The Morgan fingerprint density at radius 1 is 1.24 bits per heavy atom. The molecule has 1 aliphatic rings. The third kappa shape index (κ3) is 2.24. The minimum Gasteiger partial charge on any atom is -0.366 e. The van der Waals surface area contributed by atoms with Crippen LogP contribution in [0.2, 0.25) is 0 Å². The molecule has 0 bridgehead atoms. The van der Waals surface area contributed by atoms with Crippen molar-refractivity contribution in [2.24, 2.45) is 0 Å². The maximum absolute atomic E-state index is 3.51. The van der Waals surface area contributed by atoms with Crippen LogP contribution in [-0.2, 0) is 0 Å². The van der Waals surface area contributed by atoms with Crippen LogP contribution in [0.4, 0.5) is 5.69 Å². The molecule has 2 heteroatoms. The molecule has 1 aromatic carbocycles. The van der Waals surface area contributed by atoms with Crippen molar-refractivity contribution in [1.29, 1.82) is 0 Å².